The van der Waals surface area contributed by atoms with Crippen LogP contribution >= 0.6 is 11.8 Å². The first-order valence-corrected chi connectivity index (χ1v) is 29.6. The van der Waals surface area contributed by atoms with Crippen LogP contribution in [-0.2, 0) is 38.4 Å². The van der Waals surface area contributed by atoms with Crippen LogP contribution in [0.5, 0.6) is 0 Å². The Kier molecular flexibility index (Phi) is 61.5. The molecule has 78 heavy (non-hydrogen) atoms. The Morgan fingerprint density at radius 1 is 0.538 bits per heavy atom. The molecule has 2 saturated heterocycles. The predicted octanol–water partition coefficient (Wildman–Crippen LogP) is 7.78. The summed E-state index contributed by atoms with van der Waals surface area (Å²) in [6, 6.07) is -0.0212. The average Bonchev–Trinajstić information content (AvgIpc) is 3.77. The monoisotopic (exact) mass is 1130 g/mol. The molecule has 2 heterocycles. The summed E-state index contributed by atoms with van der Waals surface area (Å²) < 4.78 is 0. The number of hydrogen-bond acceptors (Lipinski definition) is 16. The lowest BCUT2D eigenvalue weighted by Gasteiger charge is -2.33. The molecule has 3 aliphatic rings. The van der Waals surface area contributed by atoms with E-state index < -0.39 is 0 Å². The van der Waals surface area contributed by atoms with Crippen LogP contribution in [0.15, 0.2) is 0 Å². The van der Waals surface area contributed by atoms with Crippen LogP contribution in [0.1, 0.15) is 179 Å². The molecule has 0 radical (unpaired) electrons. The van der Waals surface area contributed by atoms with Crippen LogP contribution in [0.3, 0.4) is 0 Å². The van der Waals surface area contributed by atoms with Crippen molar-refractivity contribution < 1.29 is 38.4 Å². The van der Waals surface area contributed by atoms with E-state index in [9.17, 15) is 38.4 Å². The second-order valence-corrected chi connectivity index (χ2v) is 22.2. The second-order valence-electron chi connectivity index (χ2n) is 20.9. The van der Waals surface area contributed by atoms with E-state index in [1.165, 1.54) is 22.8 Å². The standard InChI is InChI=1S/C17H30N4O3.C17H30N2O3S.C7H15NO.C6H16N2.C6H13NO.2C2H6.2CH4/c1-12-11-15(22)21(17(12)24)14-7-5-13(6-8-14)16(23)19-18-9-4-10-20(2)3;1-14(20)9-5-4-6-11-19-16(21)13-15(17(19)22)23-12-8-7-10-18(2)3;1-7(9)5-4-6-8(2)3;1-7-5-4-6-8(2)3;1-6(8)4-5-7(2)3;2*1-2;;/h12-14,18H,4-11H2,1-3H3,(H,19,23);15H,4-13H2,1-3H3;4-6H2,1-3H3;7H,4-6H2,1-3H3;4-5H2,1-3H3;2*1-2H3;2*1H4. The third-order valence-corrected chi connectivity index (χ3v) is 13.3. The normalized spacial score (nSPS) is 17.4. The van der Waals surface area contributed by atoms with Crippen molar-refractivity contribution >= 4 is 58.6 Å². The summed E-state index contributed by atoms with van der Waals surface area (Å²) in [6.45, 7) is 22.1. The van der Waals surface area contributed by atoms with E-state index in [-0.39, 0.29) is 84.9 Å². The number of nitrogens with one attached hydrogen (secondary N) is 3. The molecular formula is C59H124N10O8S. The highest BCUT2D eigenvalue weighted by atomic mass is 32.2. The summed E-state index contributed by atoms with van der Waals surface area (Å²) in [5, 5.41) is 2.91. The third-order valence-electron chi connectivity index (χ3n) is 12.0. The van der Waals surface area contributed by atoms with E-state index in [1.54, 1.807) is 39.5 Å². The van der Waals surface area contributed by atoms with Crippen molar-refractivity contribution in [3.8, 4) is 0 Å². The van der Waals surface area contributed by atoms with Gasteiger partial charge in [-0.05, 0) is 207 Å². The molecular weight excluding hydrogens is 1010 g/mol. The molecule has 0 aromatic heterocycles. The maximum Gasteiger partial charge on any atom is 0.242 e. The first-order chi connectivity index (χ1) is 35.8. The number of carbonyl (C=O) groups excluding carboxylic acids is 8. The second kappa shape index (κ2) is 55.7. The summed E-state index contributed by atoms with van der Waals surface area (Å²) in [5.41, 5.74) is 5.76. The van der Waals surface area contributed by atoms with Crippen molar-refractivity contribution in [1.82, 2.24) is 50.5 Å². The van der Waals surface area contributed by atoms with Gasteiger partial charge < -0.3 is 39.4 Å². The number of unbranched alkanes of at least 4 members (excludes halogenated alkanes) is 3. The molecule has 3 fully saturated rings. The molecule has 464 valence electrons. The SMILES string of the molecule is C.C.CC.CC.CC(=O)CCCCCN1C(=O)CC(SCCCCN(C)C)C1=O.CC(=O)CCCN(C)C.CC(=O)CCN(C)C.CC1CC(=O)N(C2CCC(C(=O)NNCCCN(C)C)CC2)C1=O.CNCCCN(C)C. The minimum absolute atomic E-state index is 0. The number of amides is 5. The zero-order valence-corrected chi connectivity index (χ0v) is 52.8. The van der Waals surface area contributed by atoms with Crippen molar-refractivity contribution in [1.29, 1.82) is 0 Å². The highest BCUT2D eigenvalue weighted by Crippen LogP contribution is 2.32. The van der Waals surface area contributed by atoms with E-state index in [2.05, 4.69) is 64.0 Å². The van der Waals surface area contributed by atoms with E-state index in [0.717, 1.165) is 122 Å². The van der Waals surface area contributed by atoms with Gasteiger partial charge in [0.25, 0.3) is 0 Å². The molecule has 3 N–H and O–H groups in total. The van der Waals surface area contributed by atoms with Crippen LogP contribution in [0, 0.1) is 11.8 Å². The van der Waals surface area contributed by atoms with Gasteiger partial charge in [0.05, 0.1) is 5.25 Å². The van der Waals surface area contributed by atoms with Crippen molar-refractivity contribution in [2.75, 3.05) is 136 Å². The fourth-order valence-corrected chi connectivity index (χ4v) is 8.90. The minimum Gasteiger partial charge on any atom is -0.320 e. The lowest BCUT2D eigenvalue weighted by Crippen LogP contribution is -2.46. The van der Waals surface area contributed by atoms with Crippen LogP contribution in [0.25, 0.3) is 0 Å². The predicted molar refractivity (Wildman–Crippen MR) is 331 cm³/mol. The summed E-state index contributed by atoms with van der Waals surface area (Å²) >= 11 is 1.62. The molecule has 0 bridgehead atoms. The maximum absolute atomic E-state index is 12.3. The number of carbonyl (C=O) groups is 8. The van der Waals surface area contributed by atoms with Crippen molar-refractivity contribution in [2.24, 2.45) is 11.8 Å². The van der Waals surface area contributed by atoms with Gasteiger partial charge in [0.15, 0.2) is 0 Å². The molecule has 18 nitrogen and oxygen atoms in total. The fraction of sp³-hybridized carbons (Fsp3) is 0.864. The van der Waals surface area contributed by atoms with Gasteiger partial charge in [-0.15, -0.1) is 11.8 Å². The smallest absolute Gasteiger partial charge is 0.242 e. The lowest BCUT2D eigenvalue weighted by molar-refractivity contribution is -0.143. The summed E-state index contributed by atoms with van der Waals surface area (Å²) in [4.78, 5) is 106. The molecule has 2 unspecified atom stereocenters. The summed E-state index contributed by atoms with van der Waals surface area (Å²) in [7, 11) is 22.3. The molecule has 3 rings (SSSR count). The Balaban J connectivity index is -0.000000220. The zero-order chi connectivity index (χ0) is 59.2. The van der Waals surface area contributed by atoms with E-state index >= 15 is 0 Å². The number of hydrogen-bond donors (Lipinski definition) is 3. The molecule has 5 amide bonds. The molecule has 1 saturated carbocycles. The number of thioether (sulfide) groups is 1. The van der Waals surface area contributed by atoms with E-state index in [1.807, 2.05) is 81.9 Å². The Bertz CT molecular complexity index is 1540. The molecule has 2 atom stereocenters. The van der Waals surface area contributed by atoms with Gasteiger partial charge in [-0.25, -0.2) is 5.43 Å². The van der Waals surface area contributed by atoms with Gasteiger partial charge in [-0.2, -0.15) is 0 Å². The van der Waals surface area contributed by atoms with Crippen molar-refractivity contribution in [2.45, 2.75) is 191 Å². The number of nitrogens with zero attached hydrogens (tertiary/aromatic N) is 7. The lowest BCUT2D eigenvalue weighted by atomic mass is 9.85. The molecule has 0 aromatic carbocycles. The number of likely N-dealkylation sites (tertiary alicyclic amines) is 2. The number of Topliss-reactive ketones (excluding diaryl/α,β-unsaturated/α-hetero) is 3. The third kappa shape index (κ3) is 49.8. The van der Waals surface area contributed by atoms with Gasteiger partial charge in [-0.1, -0.05) is 55.9 Å². The minimum atomic E-state index is -0.190. The van der Waals surface area contributed by atoms with Gasteiger partial charge in [-0.3, -0.25) is 44.0 Å². The quantitative estimate of drug-likeness (QED) is 0.0358. The van der Waals surface area contributed by atoms with Crippen LogP contribution in [0.2, 0.25) is 0 Å². The maximum atomic E-state index is 12.3. The first kappa shape index (κ1) is 86.1. The van der Waals surface area contributed by atoms with Crippen molar-refractivity contribution in [3.05, 3.63) is 0 Å². The average molecular weight is 1130 g/mol. The number of rotatable bonds is 30. The molecule has 0 aromatic rings. The van der Waals surface area contributed by atoms with Crippen LogP contribution in [0.4, 0.5) is 0 Å². The van der Waals surface area contributed by atoms with Gasteiger partial charge in [0.1, 0.15) is 17.3 Å². The van der Waals surface area contributed by atoms with Gasteiger partial charge in [0, 0.05) is 69.6 Å². The highest BCUT2D eigenvalue weighted by molar-refractivity contribution is 8.00. The summed E-state index contributed by atoms with van der Waals surface area (Å²) in [5.74, 6) is 1.33. The molecule has 0 spiro atoms. The fourth-order valence-electron chi connectivity index (χ4n) is 7.71. The molecule has 1 aliphatic carbocycles. The van der Waals surface area contributed by atoms with Crippen molar-refractivity contribution in [3.63, 3.8) is 0 Å². The number of imide groups is 2. The van der Waals surface area contributed by atoms with Crippen LogP contribution < -0.4 is 16.2 Å². The zero-order valence-electron chi connectivity index (χ0n) is 52.0. The van der Waals surface area contributed by atoms with E-state index in [0.29, 0.717) is 32.2 Å². The van der Waals surface area contributed by atoms with E-state index in [4.69, 9.17) is 0 Å². The van der Waals surface area contributed by atoms with Gasteiger partial charge in [0.2, 0.25) is 29.5 Å². The van der Waals surface area contributed by atoms with Gasteiger partial charge >= 0.3 is 0 Å². The Morgan fingerprint density at radius 2 is 1.00 bits per heavy atom. The number of ketones is 3. The largest absolute Gasteiger partial charge is 0.320 e. The Labute approximate surface area is 483 Å². The highest BCUT2D eigenvalue weighted by Gasteiger charge is 2.42. The Hall–Kier alpha value is -3.17. The molecule has 2 aliphatic heterocycles. The Morgan fingerprint density at radius 3 is 1.44 bits per heavy atom. The topological polar surface area (TPSA) is 195 Å². The van der Waals surface area contributed by atoms with Crippen LogP contribution in [-0.4, -0.2) is 228 Å². The molecule has 19 heteroatoms. The first-order valence-electron chi connectivity index (χ1n) is 28.5. The number of hydrazine groups is 1. The summed E-state index contributed by atoms with van der Waals surface area (Å²) in [6.07, 6.45) is 13.5.